The Kier molecular flexibility index (Phi) is 2.82. The van der Waals surface area contributed by atoms with Gasteiger partial charge in [-0.3, -0.25) is 0 Å². The number of fused-ring (bicyclic) bond motifs is 1. The van der Waals surface area contributed by atoms with E-state index in [1.54, 1.807) is 6.20 Å². The molecule has 1 aliphatic rings. The molecule has 0 spiro atoms. The first-order chi connectivity index (χ1) is 10.3. The summed E-state index contributed by atoms with van der Waals surface area (Å²) in [6.07, 6.45) is 3.67. The van der Waals surface area contributed by atoms with E-state index in [0.29, 0.717) is 0 Å². The molecule has 1 aromatic carbocycles. The maximum Gasteiger partial charge on any atom is 0.220 e. The maximum atomic E-state index is 5.69. The molecule has 0 amide bonds. The zero-order valence-corrected chi connectivity index (χ0v) is 11.3. The summed E-state index contributed by atoms with van der Waals surface area (Å²) in [5.41, 5.74) is 8.21. The number of nitrogen functional groups attached to an aromatic ring is 1. The molecular formula is C15H14N4O2. The highest BCUT2D eigenvalue weighted by Crippen LogP contribution is 2.35. The third-order valence-electron chi connectivity index (χ3n) is 3.70. The summed E-state index contributed by atoms with van der Waals surface area (Å²) >= 11 is 0. The van der Waals surface area contributed by atoms with Gasteiger partial charge >= 0.3 is 0 Å². The molecule has 6 heteroatoms. The van der Waals surface area contributed by atoms with Crippen molar-refractivity contribution in [2.75, 3.05) is 12.3 Å². The molecule has 1 aliphatic heterocycles. The highest BCUT2D eigenvalue weighted by Gasteiger charge is 2.24. The smallest absolute Gasteiger partial charge is 0.220 e. The average Bonchev–Trinajstić information content (AvgIpc) is 3.15. The van der Waals surface area contributed by atoms with Gasteiger partial charge in [-0.05, 0) is 31.0 Å². The van der Waals surface area contributed by atoms with Crippen LogP contribution < -0.4 is 5.73 Å². The summed E-state index contributed by atoms with van der Waals surface area (Å²) in [6.45, 7) is 0.773. The number of ether oxygens (including phenoxy) is 1. The lowest BCUT2D eigenvalue weighted by molar-refractivity contribution is 0.0893. The van der Waals surface area contributed by atoms with E-state index in [2.05, 4.69) is 15.1 Å². The standard InChI is InChI=1S/C15H14N4O2/c16-15-17-6-5-11(18-15)9-3-4-12-10(8-9)14(21-19-12)13-2-1-7-20-13/h3-6,8,13H,1-2,7H2,(H2,16,17,18). The minimum atomic E-state index is 0.000665. The van der Waals surface area contributed by atoms with Gasteiger partial charge in [0.1, 0.15) is 11.6 Å². The second kappa shape index (κ2) is 4.82. The molecule has 3 aromatic rings. The Morgan fingerprint density at radius 1 is 1.24 bits per heavy atom. The molecule has 2 aromatic heterocycles. The number of aromatic nitrogens is 3. The second-order valence-electron chi connectivity index (χ2n) is 5.08. The Morgan fingerprint density at radius 3 is 3.00 bits per heavy atom. The largest absolute Gasteiger partial charge is 0.370 e. The zero-order valence-electron chi connectivity index (χ0n) is 11.3. The minimum absolute atomic E-state index is 0.000665. The molecule has 21 heavy (non-hydrogen) atoms. The van der Waals surface area contributed by atoms with Crippen molar-refractivity contribution in [2.24, 2.45) is 0 Å². The third kappa shape index (κ3) is 2.13. The zero-order chi connectivity index (χ0) is 14.2. The van der Waals surface area contributed by atoms with Gasteiger partial charge in [-0.25, -0.2) is 9.97 Å². The van der Waals surface area contributed by atoms with Crippen LogP contribution in [0, 0.1) is 0 Å². The first kappa shape index (κ1) is 12.3. The quantitative estimate of drug-likeness (QED) is 0.777. The first-order valence-electron chi connectivity index (χ1n) is 6.91. The SMILES string of the molecule is Nc1nccc(-c2ccc3noc(C4CCCO4)c3c2)n1. The van der Waals surface area contributed by atoms with Crippen LogP contribution in [0.3, 0.4) is 0 Å². The summed E-state index contributed by atoms with van der Waals surface area (Å²) < 4.78 is 11.2. The molecule has 0 radical (unpaired) electrons. The fourth-order valence-corrected chi connectivity index (χ4v) is 2.67. The second-order valence-corrected chi connectivity index (χ2v) is 5.08. The molecule has 0 bridgehead atoms. The van der Waals surface area contributed by atoms with Crippen LogP contribution in [-0.2, 0) is 4.74 Å². The lowest BCUT2D eigenvalue weighted by Gasteiger charge is -2.05. The topological polar surface area (TPSA) is 87.1 Å². The van der Waals surface area contributed by atoms with Crippen molar-refractivity contribution < 1.29 is 9.26 Å². The fraction of sp³-hybridized carbons (Fsp3) is 0.267. The Hall–Kier alpha value is -2.47. The molecule has 4 rings (SSSR count). The van der Waals surface area contributed by atoms with Gasteiger partial charge in [-0.1, -0.05) is 11.2 Å². The maximum absolute atomic E-state index is 5.69. The van der Waals surface area contributed by atoms with Gasteiger partial charge < -0.3 is 15.0 Å². The summed E-state index contributed by atoms with van der Waals surface area (Å²) in [5.74, 6) is 1.06. The van der Waals surface area contributed by atoms with Gasteiger partial charge in [-0.2, -0.15) is 0 Å². The average molecular weight is 282 g/mol. The Labute approximate surface area is 120 Å². The van der Waals surface area contributed by atoms with Crippen molar-refractivity contribution in [3.63, 3.8) is 0 Å². The normalized spacial score (nSPS) is 18.4. The third-order valence-corrected chi connectivity index (χ3v) is 3.70. The van der Waals surface area contributed by atoms with Crippen LogP contribution in [0.4, 0.5) is 5.95 Å². The number of benzene rings is 1. The lowest BCUT2D eigenvalue weighted by atomic mass is 10.1. The van der Waals surface area contributed by atoms with E-state index < -0.39 is 0 Å². The van der Waals surface area contributed by atoms with Crippen LogP contribution in [0.15, 0.2) is 35.0 Å². The van der Waals surface area contributed by atoms with Crippen molar-refractivity contribution >= 4 is 16.9 Å². The highest BCUT2D eigenvalue weighted by atomic mass is 16.5. The van der Waals surface area contributed by atoms with Gasteiger partial charge in [0, 0.05) is 23.8 Å². The van der Waals surface area contributed by atoms with Crippen molar-refractivity contribution in [2.45, 2.75) is 18.9 Å². The van der Waals surface area contributed by atoms with Crippen molar-refractivity contribution in [1.82, 2.24) is 15.1 Å². The molecule has 1 atom stereocenters. The summed E-state index contributed by atoms with van der Waals surface area (Å²) in [4.78, 5) is 8.16. The highest BCUT2D eigenvalue weighted by molar-refractivity contribution is 5.85. The molecule has 3 heterocycles. The number of nitrogens with two attached hydrogens (primary N) is 1. The van der Waals surface area contributed by atoms with Gasteiger partial charge in [0.25, 0.3) is 0 Å². The predicted octanol–water partition coefficient (Wildman–Crippen LogP) is 2.72. The van der Waals surface area contributed by atoms with Crippen molar-refractivity contribution in [3.05, 3.63) is 36.2 Å². The number of anilines is 1. The fourth-order valence-electron chi connectivity index (χ4n) is 2.67. The van der Waals surface area contributed by atoms with Gasteiger partial charge in [0.2, 0.25) is 5.95 Å². The van der Waals surface area contributed by atoms with Crippen LogP contribution in [0.5, 0.6) is 0 Å². The van der Waals surface area contributed by atoms with E-state index in [9.17, 15) is 0 Å². The van der Waals surface area contributed by atoms with Gasteiger partial charge in [0.15, 0.2) is 5.76 Å². The van der Waals surface area contributed by atoms with Gasteiger partial charge in [0.05, 0.1) is 5.69 Å². The molecule has 1 fully saturated rings. The lowest BCUT2D eigenvalue weighted by Crippen LogP contribution is -1.96. The van der Waals surface area contributed by atoms with E-state index in [0.717, 1.165) is 47.4 Å². The molecule has 1 saturated heterocycles. The Balaban J connectivity index is 1.83. The molecule has 6 nitrogen and oxygen atoms in total. The number of hydrogen-bond acceptors (Lipinski definition) is 6. The minimum Gasteiger partial charge on any atom is -0.370 e. The van der Waals surface area contributed by atoms with Gasteiger partial charge in [-0.15, -0.1) is 0 Å². The van der Waals surface area contributed by atoms with Crippen molar-refractivity contribution in [3.8, 4) is 11.3 Å². The van der Waals surface area contributed by atoms with E-state index in [1.165, 1.54) is 0 Å². The van der Waals surface area contributed by atoms with E-state index >= 15 is 0 Å². The number of rotatable bonds is 2. The Bertz CT molecular complexity index is 793. The Morgan fingerprint density at radius 2 is 2.19 bits per heavy atom. The predicted molar refractivity (Wildman–Crippen MR) is 77.4 cm³/mol. The van der Waals surface area contributed by atoms with Crippen LogP contribution in [0.1, 0.15) is 24.7 Å². The van der Waals surface area contributed by atoms with Crippen LogP contribution >= 0.6 is 0 Å². The van der Waals surface area contributed by atoms with Crippen LogP contribution in [0.25, 0.3) is 22.2 Å². The molecular weight excluding hydrogens is 268 g/mol. The van der Waals surface area contributed by atoms with Crippen LogP contribution in [0.2, 0.25) is 0 Å². The summed E-state index contributed by atoms with van der Waals surface area (Å²) in [5, 5.41) is 5.07. The number of hydrogen-bond donors (Lipinski definition) is 1. The summed E-state index contributed by atoms with van der Waals surface area (Å²) in [6, 6.07) is 7.72. The first-order valence-corrected chi connectivity index (χ1v) is 6.91. The summed E-state index contributed by atoms with van der Waals surface area (Å²) in [7, 11) is 0. The monoisotopic (exact) mass is 282 g/mol. The molecule has 2 N–H and O–H groups in total. The molecule has 1 unspecified atom stereocenters. The van der Waals surface area contributed by atoms with E-state index in [-0.39, 0.29) is 12.1 Å². The van der Waals surface area contributed by atoms with E-state index in [1.807, 2.05) is 24.3 Å². The molecule has 106 valence electrons. The molecule has 0 saturated carbocycles. The van der Waals surface area contributed by atoms with Crippen LogP contribution in [-0.4, -0.2) is 21.7 Å². The molecule has 0 aliphatic carbocycles. The van der Waals surface area contributed by atoms with E-state index in [4.69, 9.17) is 15.0 Å². The van der Waals surface area contributed by atoms with Crippen molar-refractivity contribution in [1.29, 1.82) is 0 Å². The number of nitrogens with zero attached hydrogens (tertiary/aromatic N) is 3.